The van der Waals surface area contributed by atoms with Crippen LogP contribution < -0.4 is 18.9 Å². The van der Waals surface area contributed by atoms with Crippen LogP contribution in [-0.4, -0.2) is 103 Å². The Hall–Kier alpha value is -3.72. The van der Waals surface area contributed by atoms with Gasteiger partial charge in [0.2, 0.25) is 0 Å². The molecule has 2 aliphatic rings. The van der Waals surface area contributed by atoms with Gasteiger partial charge in [-0.1, -0.05) is 201 Å². The molecule has 0 bridgehead atoms. The lowest BCUT2D eigenvalue weighted by molar-refractivity contribution is 0.0244. The van der Waals surface area contributed by atoms with Crippen LogP contribution in [0.1, 0.15) is 165 Å². The second kappa shape index (κ2) is 36.3. The molecule has 0 fully saturated rings. The highest BCUT2D eigenvalue weighted by Gasteiger charge is 2.35. The molecule has 2 N–H and O–H groups in total. The van der Waals surface area contributed by atoms with Crippen LogP contribution in [0.2, 0.25) is 0 Å². The Labute approximate surface area is 453 Å². The summed E-state index contributed by atoms with van der Waals surface area (Å²) in [5.74, 6) is 3.34. The molecule has 408 valence electrons. The van der Waals surface area contributed by atoms with Gasteiger partial charge in [0.1, 0.15) is 36.2 Å². The lowest BCUT2D eigenvalue weighted by Gasteiger charge is -2.32. The second-order valence-electron chi connectivity index (χ2n) is 19.1. The van der Waals surface area contributed by atoms with Crippen LogP contribution in [-0.2, 0) is 18.9 Å². The smallest absolute Gasteiger partial charge is 0.133 e. The van der Waals surface area contributed by atoms with E-state index in [-0.39, 0.29) is 13.2 Å². The third-order valence-corrected chi connectivity index (χ3v) is 15.8. The van der Waals surface area contributed by atoms with Gasteiger partial charge in [-0.3, -0.25) is 0 Å². The molecule has 4 aromatic carbocycles. The fourth-order valence-electron chi connectivity index (χ4n) is 9.50. The van der Waals surface area contributed by atoms with Crippen molar-refractivity contribution in [3.8, 4) is 23.0 Å². The third-order valence-electron chi connectivity index (χ3n) is 13.3. The van der Waals surface area contributed by atoms with Gasteiger partial charge in [0.25, 0.3) is 0 Å². The van der Waals surface area contributed by atoms with Crippen molar-refractivity contribution in [2.45, 2.75) is 162 Å². The minimum Gasteiger partial charge on any atom is -0.492 e. The van der Waals surface area contributed by atoms with E-state index in [4.69, 9.17) is 48.1 Å². The molecule has 0 aromatic heterocycles. The topological polar surface area (TPSA) is 114 Å². The van der Waals surface area contributed by atoms with Crippen molar-refractivity contribution in [2.75, 3.05) is 92.5 Å². The van der Waals surface area contributed by atoms with Crippen LogP contribution in [0.15, 0.2) is 92.4 Å². The Morgan fingerprint density at radius 3 is 0.851 bits per heavy atom. The largest absolute Gasteiger partial charge is 0.492 e. The quantitative estimate of drug-likeness (QED) is 0.0356. The average molecular weight is 1060 g/mol. The predicted octanol–water partition coefficient (Wildman–Crippen LogP) is 15.0. The van der Waals surface area contributed by atoms with Crippen LogP contribution in [0.3, 0.4) is 0 Å². The molecule has 4 aromatic rings. The molecule has 12 heteroatoms. The monoisotopic (exact) mass is 1060 g/mol. The number of ether oxygens (including phenoxy) is 8. The third kappa shape index (κ3) is 19.4. The summed E-state index contributed by atoms with van der Waals surface area (Å²) in [6.45, 7) is 9.62. The fourth-order valence-corrected chi connectivity index (χ4v) is 11.9. The van der Waals surface area contributed by atoms with Gasteiger partial charge in [-0.15, -0.1) is 0 Å². The number of fused-ring (bicyclic) bond motifs is 4. The molecule has 0 spiro atoms. The van der Waals surface area contributed by atoms with Crippen LogP contribution in [0, 0.1) is 0 Å². The van der Waals surface area contributed by atoms with Crippen molar-refractivity contribution in [2.24, 2.45) is 0 Å². The molecule has 0 radical (unpaired) electrons. The first-order valence-electron chi connectivity index (χ1n) is 28.4. The van der Waals surface area contributed by atoms with Crippen LogP contribution in [0.4, 0.5) is 0 Å². The summed E-state index contributed by atoms with van der Waals surface area (Å²) in [6, 6.07) is 25.8. The summed E-state index contributed by atoms with van der Waals surface area (Å²) >= 11 is 3.44. The van der Waals surface area contributed by atoms with E-state index in [1.807, 2.05) is 12.1 Å². The molecule has 0 saturated carbocycles. The van der Waals surface area contributed by atoms with Gasteiger partial charge < -0.3 is 48.1 Å². The number of benzene rings is 4. The highest BCUT2D eigenvalue weighted by molar-refractivity contribution is 8.00. The number of aliphatic hydroxyl groups is 2. The molecule has 0 aliphatic carbocycles. The zero-order valence-electron chi connectivity index (χ0n) is 44.9. The Bertz CT molecular complexity index is 2060. The SMILES string of the molecule is CCCCCCCCCCCCOc1cccc2c1Sc1c(OCCCCCCCCCCCC)cccc1C2=C1c2cccc(OCCOCCOCCO)c2Sc2c(OCCOCCOCCO)cccc21. The Kier molecular flexibility index (Phi) is 29.2. The maximum atomic E-state index is 9.08. The van der Waals surface area contributed by atoms with E-state index in [0.29, 0.717) is 79.3 Å². The fraction of sp³-hybridized carbons (Fsp3) is 0.581. The van der Waals surface area contributed by atoms with Crippen molar-refractivity contribution in [1.82, 2.24) is 0 Å². The summed E-state index contributed by atoms with van der Waals surface area (Å²) < 4.78 is 49.3. The molecule has 2 heterocycles. The Balaban J connectivity index is 1.32. The van der Waals surface area contributed by atoms with E-state index in [1.165, 1.54) is 116 Å². The normalized spacial score (nSPS) is 12.6. The van der Waals surface area contributed by atoms with E-state index >= 15 is 0 Å². The summed E-state index contributed by atoms with van der Waals surface area (Å²) in [5.41, 5.74) is 6.63. The molecule has 2 aliphatic heterocycles. The van der Waals surface area contributed by atoms with Gasteiger partial charge in [-0.2, -0.15) is 0 Å². The average Bonchev–Trinajstić information content (AvgIpc) is 3.42. The Morgan fingerprint density at radius 1 is 0.297 bits per heavy atom. The van der Waals surface area contributed by atoms with Crippen molar-refractivity contribution in [3.63, 3.8) is 0 Å². The van der Waals surface area contributed by atoms with Crippen molar-refractivity contribution in [3.05, 3.63) is 95.1 Å². The van der Waals surface area contributed by atoms with E-state index in [9.17, 15) is 0 Å². The molecular formula is C62H88O10S2. The summed E-state index contributed by atoms with van der Waals surface area (Å²) in [7, 11) is 0. The number of hydrogen-bond donors (Lipinski definition) is 2. The van der Waals surface area contributed by atoms with Gasteiger partial charge in [-0.25, -0.2) is 0 Å². The lowest BCUT2D eigenvalue weighted by atomic mass is 9.84. The summed E-state index contributed by atoms with van der Waals surface area (Å²) in [6.07, 6.45) is 25.6. The van der Waals surface area contributed by atoms with Gasteiger partial charge in [0.15, 0.2) is 0 Å². The summed E-state index contributed by atoms with van der Waals surface area (Å²) in [5, 5.41) is 18.2. The van der Waals surface area contributed by atoms with Gasteiger partial charge in [0.05, 0.1) is 98.9 Å². The maximum Gasteiger partial charge on any atom is 0.133 e. The van der Waals surface area contributed by atoms with Crippen LogP contribution >= 0.6 is 23.5 Å². The molecule has 0 amide bonds. The van der Waals surface area contributed by atoms with E-state index < -0.39 is 0 Å². The van der Waals surface area contributed by atoms with E-state index in [1.54, 1.807) is 23.5 Å². The molecule has 0 saturated heterocycles. The molecule has 0 unspecified atom stereocenters. The molecule has 74 heavy (non-hydrogen) atoms. The maximum absolute atomic E-state index is 9.08. The molecule has 0 atom stereocenters. The van der Waals surface area contributed by atoms with E-state index in [2.05, 4.69) is 74.5 Å². The first-order chi connectivity index (χ1) is 36.7. The van der Waals surface area contributed by atoms with Gasteiger partial charge >= 0.3 is 0 Å². The minimum atomic E-state index is -0.0119. The Morgan fingerprint density at radius 2 is 0.554 bits per heavy atom. The minimum absolute atomic E-state index is 0.0119. The zero-order chi connectivity index (χ0) is 51.7. The van der Waals surface area contributed by atoms with Crippen molar-refractivity contribution in [1.29, 1.82) is 0 Å². The molecular weight excluding hydrogens is 969 g/mol. The first-order valence-corrected chi connectivity index (χ1v) is 30.0. The number of unbranched alkanes of at least 4 members (excludes halogenated alkanes) is 18. The van der Waals surface area contributed by atoms with Crippen LogP contribution in [0.25, 0.3) is 11.1 Å². The van der Waals surface area contributed by atoms with Crippen molar-refractivity contribution < 1.29 is 48.1 Å². The standard InChI is InChI=1S/C62H88O10S2/c1-3-5-7-9-11-13-15-17-19-21-37-69-53-31-23-27-49-57(50-28-24-32-54(60(50)73-59(49)53)70-38-22-20-18-16-14-12-10-8-6-4-2)58-51-29-25-33-55(71-47-45-67-43-41-65-39-35-63)61(51)74-62-52(58)30-26-34-56(62)72-48-46-68-44-42-66-40-36-64/h23-34,63-64H,3-22,35-48H2,1-2H3. The number of rotatable bonds is 42. The lowest BCUT2D eigenvalue weighted by Crippen LogP contribution is -2.14. The summed E-state index contributed by atoms with van der Waals surface area (Å²) in [4.78, 5) is 4.22. The highest BCUT2D eigenvalue weighted by atomic mass is 32.2. The molecule has 6 rings (SSSR count). The zero-order valence-corrected chi connectivity index (χ0v) is 46.6. The van der Waals surface area contributed by atoms with E-state index in [0.717, 1.165) is 88.8 Å². The first kappa shape index (κ1) is 59.5. The predicted molar refractivity (Wildman–Crippen MR) is 302 cm³/mol. The second-order valence-corrected chi connectivity index (χ2v) is 21.2. The van der Waals surface area contributed by atoms with Crippen LogP contribution in [0.5, 0.6) is 23.0 Å². The van der Waals surface area contributed by atoms with Gasteiger partial charge in [-0.05, 0) is 48.3 Å². The number of hydrogen-bond acceptors (Lipinski definition) is 12. The van der Waals surface area contributed by atoms with Gasteiger partial charge in [0, 0.05) is 22.3 Å². The van der Waals surface area contributed by atoms with Crippen molar-refractivity contribution >= 4 is 34.7 Å². The molecule has 10 nitrogen and oxygen atoms in total. The highest BCUT2D eigenvalue weighted by Crippen LogP contribution is 2.59. The number of aliphatic hydroxyl groups excluding tert-OH is 2.